The Hall–Kier alpha value is 1.89. The molecule has 0 bridgehead atoms. The number of halogens is 6. The predicted molar refractivity (Wildman–Crippen MR) is 48.7 cm³/mol. The molecule has 0 saturated heterocycles. The van der Waals surface area contributed by atoms with Crippen LogP contribution in [0.15, 0.2) is 0 Å². The number of rotatable bonds is 0. The monoisotopic (exact) mass is 282 g/mol. The second-order valence-electron chi connectivity index (χ2n) is 1.16. The molecule has 0 N–H and O–H groups in total. The minimum Gasteiger partial charge on any atom is -0.251 e. The van der Waals surface area contributed by atoms with Gasteiger partial charge in [-0.3, -0.25) is 4.21 Å². The number of hydrogen-bond donors (Lipinski definition) is 0. The van der Waals surface area contributed by atoms with Crippen LogP contribution in [0, 0.1) is 0 Å². The van der Waals surface area contributed by atoms with Crippen molar-refractivity contribution in [1.82, 2.24) is 0 Å². The lowest BCUT2D eigenvalue weighted by Gasteiger charge is -2.16. The van der Waals surface area contributed by atoms with Crippen molar-refractivity contribution in [3.63, 3.8) is 0 Å². The molecule has 0 rings (SSSR count). The Balaban J connectivity index is 4.40. The van der Waals surface area contributed by atoms with Gasteiger partial charge in [0.1, 0.15) is 10.8 Å². The lowest BCUT2D eigenvalue weighted by Crippen LogP contribution is -2.24. The lowest BCUT2D eigenvalue weighted by atomic mass is 11.8. The molecule has 0 atom stereocenters. The quantitative estimate of drug-likeness (QED) is 0.623. The van der Waals surface area contributed by atoms with Crippen LogP contribution < -0.4 is 0 Å². The van der Waals surface area contributed by atoms with Crippen molar-refractivity contribution in [2.45, 2.75) is 6.25 Å². The van der Waals surface area contributed by atoms with E-state index in [0.29, 0.717) is 0 Å². The Morgan fingerprint density at radius 2 is 1.00 bits per heavy atom. The van der Waals surface area contributed by atoms with Gasteiger partial charge in [0.2, 0.25) is 0 Å². The predicted octanol–water partition coefficient (Wildman–Crippen LogP) is 3.39. The maximum absolute atomic E-state index is 10.8. The maximum atomic E-state index is 10.8. The molecule has 0 aliphatic heterocycles. The van der Waals surface area contributed by atoms with Crippen molar-refractivity contribution in [2.75, 3.05) is 0 Å². The first-order valence-corrected chi connectivity index (χ1v) is 5.13. The molecular weight excluding hydrogens is 285 g/mol. The highest BCUT2D eigenvalue weighted by Crippen LogP contribution is 2.43. The molecule has 62 valence electrons. The first-order chi connectivity index (χ1) is 4.15. The molecule has 8 heteroatoms. The van der Waals surface area contributed by atoms with E-state index >= 15 is 0 Å². The summed E-state index contributed by atoms with van der Waals surface area (Å²) in [5.74, 6) is 0. The zero-order valence-corrected chi connectivity index (χ0v) is 9.44. The summed E-state index contributed by atoms with van der Waals surface area (Å²) in [7, 11) is -2.16. The fourth-order valence-corrected chi connectivity index (χ4v) is 3.54. The topological polar surface area (TPSA) is 17.1 Å². The van der Waals surface area contributed by atoms with Crippen LogP contribution in [-0.4, -0.2) is 10.5 Å². The lowest BCUT2D eigenvalue weighted by molar-refractivity contribution is 0.684. The number of hydrogen-bond acceptors (Lipinski definition) is 1. The van der Waals surface area contributed by atoms with Crippen molar-refractivity contribution in [2.24, 2.45) is 0 Å². The third-order valence-corrected chi connectivity index (χ3v) is 3.78. The molecule has 0 unspecified atom stereocenters. The van der Waals surface area contributed by atoms with Gasteiger partial charge in [0.15, 0.2) is 0 Å². The average molecular weight is 285 g/mol. The highest BCUT2D eigenvalue weighted by atomic mass is 35.6. The van der Waals surface area contributed by atoms with Crippen molar-refractivity contribution in [3.05, 3.63) is 0 Å². The molecule has 0 spiro atoms. The normalized spacial score (nSPS) is 14.3. The highest BCUT2D eigenvalue weighted by Gasteiger charge is 2.43. The fourth-order valence-electron chi connectivity index (χ4n) is 0.131. The Kier molecular flexibility index (Phi) is 4.44. The zero-order chi connectivity index (χ0) is 8.58. The smallest absolute Gasteiger partial charge is 0.251 e. The highest BCUT2D eigenvalue weighted by molar-refractivity contribution is 7.96. The summed E-state index contributed by atoms with van der Waals surface area (Å²) in [5.41, 5.74) is 0. The minimum atomic E-state index is -2.16. The van der Waals surface area contributed by atoms with E-state index in [1.54, 1.807) is 0 Å². The SMILES string of the molecule is O=S(C(Cl)(Cl)Cl)C(Cl)(Cl)Cl. The average Bonchev–Trinajstić information content (AvgIpc) is 1.59. The Labute approximate surface area is 90.3 Å². The van der Waals surface area contributed by atoms with Gasteiger partial charge in [-0.25, -0.2) is 0 Å². The van der Waals surface area contributed by atoms with Gasteiger partial charge in [-0.15, -0.1) is 0 Å². The molecule has 0 amide bonds. The van der Waals surface area contributed by atoms with E-state index in [9.17, 15) is 4.21 Å². The van der Waals surface area contributed by atoms with E-state index in [1.165, 1.54) is 0 Å². The van der Waals surface area contributed by atoms with Gasteiger partial charge in [0.25, 0.3) is 6.25 Å². The van der Waals surface area contributed by atoms with Crippen molar-refractivity contribution in [1.29, 1.82) is 0 Å². The molecule has 1 nitrogen and oxygen atoms in total. The van der Waals surface area contributed by atoms with E-state index in [2.05, 4.69) is 0 Å². The van der Waals surface area contributed by atoms with Crippen LogP contribution in [0.5, 0.6) is 0 Å². The molecule has 0 aliphatic rings. The zero-order valence-electron chi connectivity index (χ0n) is 4.08. The second-order valence-corrected chi connectivity index (χ2v) is 8.83. The standard InChI is InChI=1S/C2Cl6OS/c3-1(4,5)10(9)2(6,7)8. The van der Waals surface area contributed by atoms with Gasteiger partial charge in [0, 0.05) is 0 Å². The molecule has 0 heterocycles. The Morgan fingerprint density at radius 1 is 0.800 bits per heavy atom. The first kappa shape index (κ1) is 11.9. The summed E-state index contributed by atoms with van der Waals surface area (Å²) >= 11 is 30.9. The summed E-state index contributed by atoms with van der Waals surface area (Å²) < 4.78 is 6.68. The maximum Gasteiger partial charge on any atom is 0.270 e. The summed E-state index contributed by atoms with van der Waals surface area (Å²) in [6, 6.07) is 0. The summed E-state index contributed by atoms with van der Waals surface area (Å²) in [4.78, 5) is 0. The fraction of sp³-hybridized carbons (Fsp3) is 1.00. The van der Waals surface area contributed by atoms with Crippen LogP contribution in [0.1, 0.15) is 0 Å². The van der Waals surface area contributed by atoms with Crippen LogP contribution >= 0.6 is 69.6 Å². The third kappa shape index (κ3) is 4.05. The summed E-state index contributed by atoms with van der Waals surface area (Å²) in [5, 5.41) is 0. The van der Waals surface area contributed by atoms with Crippen molar-refractivity contribution >= 4 is 80.4 Å². The van der Waals surface area contributed by atoms with Crippen LogP contribution in [0.3, 0.4) is 0 Å². The van der Waals surface area contributed by atoms with E-state index < -0.39 is 17.0 Å². The Bertz CT molecular complexity index is 127. The van der Waals surface area contributed by atoms with Gasteiger partial charge in [-0.1, -0.05) is 69.6 Å². The molecule has 0 aromatic rings. The Morgan fingerprint density at radius 3 is 1.00 bits per heavy atom. The summed E-state index contributed by atoms with van der Waals surface area (Å²) in [6.07, 6.45) is 0. The minimum absolute atomic E-state index is 2.06. The van der Waals surface area contributed by atoms with E-state index in [1.807, 2.05) is 0 Å². The van der Waals surface area contributed by atoms with Gasteiger partial charge >= 0.3 is 0 Å². The van der Waals surface area contributed by atoms with Crippen LogP contribution in [0.2, 0.25) is 0 Å². The van der Waals surface area contributed by atoms with Gasteiger partial charge in [-0.05, 0) is 0 Å². The molecule has 0 radical (unpaired) electrons. The first-order valence-electron chi connectivity index (χ1n) is 1.71. The van der Waals surface area contributed by atoms with Crippen LogP contribution in [-0.2, 0) is 10.8 Å². The molecule has 0 fully saturated rings. The van der Waals surface area contributed by atoms with E-state index in [0.717, 1.165) is 0 Å². The van der Waals surface area contributed by atoms with Crippen LogP contribution in [0.4, 0.5) is 0 Å². The van der Waals surface area contributed by atoms with Gasteiger partial charge in [0.05, 0.1) is 0 Å². The molecule has 10 heavy (non-hydrogen) atoms. The molecule has 0 saturated carbocycles. The third-order valence-electron chi connectivity index (χ3n) is 0.420. The molecular formula is C2Cl6OS. The van der Waals surface area contributed by atoms with E-state index in [-0.39, 0.29) is 0 Å². The van der Waals surface area contributed by atoms with Crippen molar-refractivity contribution < 1.29 is 4.21 Å². The second kappa shape index (κ2) is 3.73. The number of alkyl halides is 6. The van der Waals surface area contributed by atoms with Crippen molar-refractivity contribution in [3.8, 4) is 0 Å². The largest absolute Gasteiger partial charge is 0.270 e. The summed E-state index contributed by atoms with van der Waals surface area (Å²) in [6.45, 7) is 0. The van der Waals surface area contributed by atoms with Crippen LogP contribution in [0.25, 0.3) is 0 Å². The molecule has 0 aromatic heterocycles. The molecule has 0 aliphatic carbocycles. The van der Waals surface area contributed by atoms with Gasteiger partial charge in [-0.2, -0.15) is 0 Å². The van der Waals surface area contributed by atoms with E-state index in [4.69, 9.17) is 69.6 Å². The van der Waals surface area contributed by atoms with Gasteiger partial charge < -0.3 is 0 Å². The molecule has 0 aromatic carbocycles.